The highest BCUT2D eigenvalue weighted by molar-refractivity contribution is 7.73. The van der Waals surface area contributed by atoms with Crippen molar-refractivity contribution in [1.29, 1.82) is 0 Å². The van der Waals surface area contributed by atoms with E-state index in [1.54, 1.807) is 24.3 Å². The number of aromatic hydroxyl groups is 1. The van der Waals surface area contributed by atoms with Crippen molar-refractivity contribution in [2.24, 2.45) is 4.99 Å². The van der Waals surface area contributed by atoms with E-state index in [2.05, 4.69) is 4.99 Å². The molecule has 25 heavy (non-hydrogen) atoms. The standard InChI is InChI=1S/C15H10N2O6S2/c18-9(19)5-8(14(22)23)17-13(21)11(25-15(17)24)10-6-3-1-2-4-7(6)16-12(10)20/h1-4,8,21H,5H2,(H,18,19)(H,22,23)/p-2/t8-/m0/s1. The molecule has 0 unspecified atom stereocenters. The van der Waals surface area contributed by atoms with Crippen LogP contribution in [0, 0.1) is 3.95 Å². The SMILES string of the molecule is O=C([O-])C[C@@H](C(=O)[O-])n1c(O)c(C2=c3ccccc3=NC2=O)sc1=S. The van der Waals surface area contributed by atoms with E-state index in [9.17, 15) is 29.7 Å². The number of carbonyl (C=O) groups is 3. The Kier molecular flexibility index (Phi) is 4.23. The predicted octanol–water partition coefficient (Wildman–Crippen LogP) is -2.23. The molecule has 0 saturated heterocycles. The Labute approximate surface area is 148 Å². The van der Waals surface area contributed by atoms with Gasteiger partial charge in [0.15, 0.2) is 3.95 Å². The molecule has 1 aliphatic rings. The summed E-state index contributed by atoms with van der Waals surface area (Å²) < 4.78 is 0.620. The molecule has 2 aromatic rings. The van der Waals surface area contributed by atoms with E-state index in [0.717, 1.165) is 15.9 Å². The molecule has 8 nitrogen and oxygen atoms in total. The van der Waals surface area contributed by atoms with E-state index in [4.69, 9.17) is 12.2 Å². The van der Waals surface area contributed by atoms with Crippen molar-refractivity contribution in [3.8, 4) is 5.88 Å². The molecule has 10 heteroatoms. The summed E-state index contributed by atoms with van der Waals surface area (Å²) in [4.78, 5) is 38.1. The molecule has 1 aliphatic heterocycles. The molecule has 1 aromatic heterocycles. The minimum Gasteiger partial charge on any atom is -0.550 e. The van der Waals surface area contributed by atoms with Crippen LogP contribution in [0.15, 0.2) is 29.3 Å². The second-order valence-corrected chi connectivity index (χ2v) is 6.75. The summed E-state index contributed by atoms with van der Waals surface area (Å²) in [6.45, 7) is 0. The van der Waals surface area contributed by atoms with Gasteiger partial charge in [0.05, 0.1) is 22.9 Å². The fraction of sp³-hybridized carbons (Fsp3) is 0.133. The number of hydrogen-bond donors (Lipinski definition) is 1. The first-order valence-corrected chi connectivity index (χ1v) is 8.11. The summed E-state index contributed by atoms with van der Waals surface area (Å²) >= 11 is 5.83. The lowest BCUT2D eigenvalue weighted by Crippen LogP contribution is -2.37. The molecule has 2 heterocycles. The third kappa shape index (κ3) is 2.85. The van der Waals surface area contributed by atoms with Crippen LogP contribution in [-0.2, 0) is 14.4 Å². The maximum atomic E-state index is 12.2. The lowest BCUT2D eigenvalue weighted by molar-refractivity contribution is -0.319. The molecule has 0 spiro atoms. The second-order valence-electron chi connectivity index (χ2n) is 5.11. The number of aliphatic carboxylic acids is 2. The molecule has 0 radical (unpaired) electrons. The summed E-state index contributed by atoms with van der Waals surface area (Å²) in [7, 11) is 0. The van der Waals surface area contributed by atoms with Crippen LogP contribution in [0.3, 0.4) is 0 Å². The van der Waals surface area contributed by atoms with Gasteiger partial charge < -0.3 is 24.9 Å². The molecule has 128 valence electrons. The number of carboxylic acid groups (broad SMARTS) is 2. The van der Waals surface area contributed by atoms with E-state index < -0.39 is 36.2 Å². The van der Waals surface area contributed by atoms with Crippen molar-refractivity contribution in [3.05, 3.63) is 43.7 Å². The Balaban J connectivity index is 2.25. The highest BCUT2D eigenvalue weighted by atomic mass is 32.1. The molecule has 0 saturated carbocycles. The fourth-order valence-corrected chi connectivity index (χ4v) is 3.98. The highest BCUT2D eigenvalue weighted by Gasteiger charge is 2.28. The summed E-state index contributed by atoms with van der Waals surface area (Å²) in [5.41, 5.74) is 0.0773. The van der Waals surface area contributed by atoms with E-state index in [-0.39, 0.29) is 14.4 Å². The van der Waals surface area contributed by atoms with Gasteiger partial charge in [0.2, 0.25) is 5.88 Å². The molecule has 0 bridgehead atoms. The Morgan fingerprint density at radius 2 is 2.00 bits per heavy atom. The number of nitrogens with zero attached hydrogens (tertiary/aromatic N) is 2. The average molecular weight is 376 g/mol. The van der Waals surface area contributed by atoms with E-state index in [1.807, 2.05) is 0 Å². The van der Waals surface area contributed by atoms with Crippen molar-refractivity contribution >= 4 is 47.0 Å². The number of benzene rings is 1. The molecular formula is C15H8N2O6S2-2. The van der Waals surface area contributed by atoms with Crippen LogP contribution in [0.4, 0.5) is 0 Å². The number of amides is 1. The Morgan fingerprint density at radius 1 is 1.32 bits per heavy atom. The molecule has 1 aromatic carbocycles. The number of para-hydroxylation sites is 1. The number of carboxylic acids is 2. The second kappa shape index (κ2) is 6.22. The van der Waals surface area contributed by atoms with Gasteiger partial charge in [-0.15, -0.1) is 11.3 Å². The van der Waals surface area contributed by atoms with Crippen molar-refractivity contribution in [1.82, 2.24) is 4.57 Å². The fourth-order valence-electron chi connectivity index (χ4n) is 2.54. The smallest absolute Gasteiger partial charge is 0.279 e. The number of rotatable bonds is 5. The van der Waals surface area contributed by atoms with Gasteiger partial charge in [-0.25, -0.2) is 4.99 Å². The maximum absolute atomic E-state index is 12.2. The lowest BCUT2D eigenvalue weighted by atomic mass is 10.1. The zero-order valence-corrected chi connectivity index (χ0v) is 13.9. The number of aromatic nitrogens is 1. The van der Waals surface area contributed by atoms with Crippen LogP contribution in [0.5, 0.6) is 5.88 Å². The van der Waals surface area contributed by atoms with Gasteiger partial charge in [0, 0.05) is 17.6 Å². The molecule has 0 fully saturated rings. The minimum atomic E-state index is -1.76. The number of carbonyl (C=O) groups excluding carboxylic acids is 3. The van der Waals surface area contributed by atoms with Crippen LogP contribution in [0.2, 0.25) is 0 Å². The molecule has 1 atom stereocenters. The van der Waals surface area contributed by atoms with Crippen LogP contribution >= 0.6 is 23.6 Å². The number of thiazole rings is 1. The van der Waals surface area contributed by atoms with E-state index in [1.165, 1.54) is 0 Å². The highest BCUT2D eigenvalue weighted by Crippen LogP contribution is 2.35. The van der Waals surface area contributed by atoms with Crippen LogP contribution < -0.4 is 20.8 Å². The summed E-state index contributed by atoms with van der Waals surface area (Å²) in [6.07, 6.45) is -0.940. The first-order chi connectivity index (χ1) is 11.8. The summed E-state index contributed by atoms with van der Waals surface area (Å²) in [5, 5.41) is 33.4. The summed E-state index contributed by atoms with van der Waals surface area (Å²) in [5.74, 6) is -4.62. The molecular weight excluding hydrogens is 368 g/mol. The number of fused-ring (bicyclic) bond motifs is 1. The zero-order chi connectivity index (χ0) is 18.3. The topological polar surface area (TPSA) is 135 Å². The van der Waals surface area contributed by atoms with Crippen molar-refractivity contribution < 1.29 is 29.7 Å². The number of hydrogen-bond acceptors (Lipinski definition) is 8. The van der Waals surface area contributed by atoms with Crippen LogP contribution in [0.1, 0.15) is 17.3 Å². The molecule has 1 N–H and O–H groups in total. The van der Waals surface area contributed by atoms with E-state index in [0.29, 0.717) is 10.6 Å². The van der Waals surface area contributed by atoms with Gasteiger partial charge in [0.25, 0.3) is 5.91 Å². The van der Waals surface area contributed by atoms with Crippen LogP contribution in [-0.4, -0.2) is 27.5 Å². The van der Waals surface area contributed by atoms with Gasteiger partial charge in [0.1, 0.15) is 4.88 Å². The largest absolute Gasteiger partial charge is 0.550 e. The van der Waals surface area contributed by atoms with Crippen molar-refractivity contribution in [2.45, 2.75) is 12.5 Å². The third-order valence-electron chi connectivity index (χ3n) is 3.60. The Hall–Kier alpha value is -2.85. The first-order valence-electron chi connectivity index (χ1n) is 6.89. The molecule has 1 amide bonds. The minimum absolute atomic E-state index is 0.0216. The van der Waals surface area contributed by atoms with Gasteiger partial charge >= 0.3 is 0 Å². The Bertz CT molecular complexity index is 1100. The zero-order valence-electron chi connectivity index (χ0n) is 12.3. The average Bonchev–Trinajstić information content (AvgIpc) is 3.00. The van der Waals surface area contributed by atoms with Crippen LogP contribution in [0.25, 0.3) is 5.57 Å². The van der Waals surface area contributed by atoms with Gasteiger partial charge in [-0.1, -0.05) is 18.2 Å². The van der Waals surface area contributed by atoms with Gasteiger partial charge in [-0.2, -0.15) is 0 Å². The molecule has 0 aliphatic carbocycles. The first kappa shape index (κ1) is 17.0. The van der Waals surface area contributed by atoms with Crippen molar-refractivity contribution in [3.63, 3.8) is 0 Å². The lowest BCUT2D eigenvalue weighted by Gasteiger charge is -2.21. The monoisotopic (exact) mass is 376 g/mol. The Morgan fingerprint density at radius 3 is 2.64 bits per heavy atom. The van der Waals surface area contributed by atoms with Gasteiger partial charge in [-0.3, -0.25) is 9.36 Å². The molecule has 3 rings (SSSR count). The van der Waals surface area contributed by atoms with Gasteiger partial charge in [-0.05, 0) is 18.3 Å². The maximum Gasteiger partial charge on any atom is 0.279 e. The summed E-state index contributed by atoms with van der Waals surface area (Å²) in [6, 6.07) is 4.86. The van der Waals surface area contributed by atoms with Crippen molar-refractivity contribution in [2.75, 3.05) is 0 Å². The predicted molar refractivity (Wildman–Crippen MR) is 83.2 cm³/mol. The normalized spacial score (nSPS) is 14.1. The quantitative estimate of drug-likeness (QED) is 0.584. The third-order valence-corrected chi connectivity index (χ3v) is 5.01. The van der Waals surface area contributed by atoms with E-state index >= 15 is 0 Å².